The van der Waals surface area contributed by atoms with E-state index < -0.39 is 18.0 Å². The molecule has 0 unspecified atom stereocenters. The fourth-order valence-electron chi connectivity index (χ4n) is 2.81. The molecule has 0 saturated carbocycles. The Balaban J connectivity index is 1.65. The van der Waals surface area contributed by atoms with Gasteiger partial charge in [-0.2, -0.15) is 5.10 Å². The number of hydrogen-bond acceptors (Lipinski definition) is 6. The Kier molecular flexibility index (Phi) is 6.69. The average Bonchev–Trinajstić information content (AvgIpc) is 3.23. The minimum absolute atomic E-state index is 0.00858. The molecule has 0 saturated heterocycles. The summed E-state index contributed by atoms with van der Waals surface area (Å²) < 4.78 is 17.3. The lowest BCUT2D eigenvalue weighted by atomic mass is 10.2. The van der Waals surface area contributed by atoms with E-state index in [4.69, 9.17) is 14.2 Å². The minimum Gasteiger partial charge on any atom is -0.496 e. The number of aromatic nitrogens is 2. The van der Waals surface area contributed by atoms with Crippen molar-refractivity contribution in [3.05, 3.63) is 72.1 Å². The van der Waals surface area contributed by atoms with E-state index >= 15 is 0 Å². The van der Waals surface area contributed by atoms with Crippen molar-refractivity contribution in [3.8, 4) is 17.2 Å². The monoisotopic (exact) mass is 409 g/mol. The van der Waals surface area contributed by atoms with Gasteiger partial charge in [0, 0.05) is 12.1 Å². The number of carbonyl (C=O) groups is 2. The highest BCUT2D eigenvalue weighted by Crippen LogP contribution is 2.21. The van der Waals surface area contributed by atoms with Crippen LogP contribution in [0.4, 0.5) is 0 Å². The molecule has 0 bridgehead atoms. The zero-order valence-electron chi connectivity index (χ0n) is 17.0. The van der Waals surface area contributed by atoms with Gasteiger partial charge in [0.05, 0.1) is 26.1 Å². The Bertz CT molecular complexity index is 1020. The molecular weight excluding hydrogens is 386 g/mol. The Labute approximate surface area is 174 Å². The number of nitrogens with zero attached hydrogens (tertiary/aromatic N) is 2. The number of rotatable bonds is 8. The third-order valence-corrected chi connectivity index (χ3v) is 4.41. The van der Waals surface area contributed by atoms with Gasteiger partial charge >= 0.3 is 5.97 Å². The van der Waals surface area contributed by atoms with E-state index in [-0.39, 0.29) is 18.0 Å². The standard InChI is InChI=1S/C22H23N3O5/c1-15(21(26)23-13-16-9-7-8-12-18(16)28-2)30-22(27)20-19(29-3)14-25(24-20)17-10-5-4-6-11-17/h4-12,14-15H,13H2,1-3H3,(H,23,26)/t15-/m1/s1. The number of esters is 1. The maximum absolute atomic E-state index is 12.6. The van der Waals surface area contributed by atoms with Crippen molar-refractivity contribution >= 4 is 11.9 Å². The molecule has 2 aromatic carbocycles. The number of carbonyl (C=O) groups excluding carboxylic acids is 2. The summed E-state index contributed by atoms with van der Waals surface area (Å²) in [4.78, 5) is 25.0. The summed E-state index contributed by atoms with van der Waals surface area (Å²) in [5, 5.41) is 6.99. The van der Waals surface area contributed by atoms with Gasteiger partial charge < -0.3 is 19.5 Å². The lowest BCUT2D eigenvalue weighted by Gasteiger charge is -2.14. The van der Waals surface area contributed by atoms with Gasteiger partial charge in [0.2, 0.25) is 5.69 Å². The van der Waals surface area contributed by atoms with E-state index in [1.165, 1.54) is 18.7 Å². The molecule has 0 aliphatic rings. The van der Waals surface area contributed by atoms with Gasteiger partial charge in [-0.05, 0) is 25.1 Å². The lowest BCUT2D eigenvalue weighted by Crippen LogP contribution is -2.35. The number of para-hydroxylation sites is 2. The Morgan fingerprint density at radius 1 is 1.00 bits per heavy atom. The van der Waals surface area contributed by atoms with Crippen molar-refractivity contribution in [1.29, 1.82) is 0 Å². The van der Waals surface area contributed by atoms with Crippen molar-refractivity contribution in [1.82, 2.24) is 15.1 Å². The molecular formula is C22H23N3O5. The van der Waals surface area contributed by atoms with Crippen molar-refractivity contribution in [2.75, 3.05) is 14.2 Å². The highest BCUT2D eigenvalue weighted by atomic mass is 16.6. The second kappa shape index (κ2) is 9.60. The van der Waals surface area contributed by atoms with Gasteiger partial charge in [0.25, 0.3) is 5.91 Å². The predicted molar refractivity (Wildman–Crippen MR) is 110 cm³/mol. The molecule has 8 heteroatoms. The van der Waals surface area contributed by atoms with Crippen molar-refractivity contribution in [2.45, 2.75) is 19.6 Å². The number of ether oxygens (including phenoxy) is 3. The Morgan fingerprint density at radius 3 is 2.37 bits per heavy atom. The second-order valence-corrected chi connectivity index (χ2v) is 6.40. The van der Waals surface area contributed by atoms with E-state index in [2.05, 4.69) is 10.4 Å². The van der Waals surface area contributed by atoms with Crippen LogP contribution in [0.3, 0.4) is 0 Å². The topological polar surface area (TPSA) is 91.7 Å². The molecule has 3 aromatic rings. The zero-order chi connectivity index (χ0) is 21.5. The van der Waals surface area contributed by atoms with Gasteiger partial charge in [-0.25, -0.2) is 9.48 Å². The average molecular weight is 409 g/mol. The molecule has 0 aliphatic carbocycles. The molecule has 1 N–H and O–H groups in total. The normalized spacial score (nSPS) is 11.4. The first-order chi connectivity index (χ1) is 14.5. The molecule has 30 heavy (non-hydrogen) atoms. The van der Waals surface area contributed by atoms with Crippen LogP contribution in [-0.4, -0.2) is 42.0 Å². The van der Waals surface area contributed by atoms with Crippen LogP contribution in [0.25, 0.3) is 5.69 Å². The van der Waals surface area contributed by atoms with E-state index in [1.807, 2.05) is 48.5 Å². The van der Waals surface area contributed by atoms with Crippen molar-refractivity contribution in [3.63, 3.8) is 0 Å². The Morgan fingerprint density at radius 2 is 1.67 bits per heavy atom. The fraction of sp³-hybridized carbons (Fsp3) is 0.227. The Hall–Kier alpha value is -3.81. The van der Waals surface area contributed by atoms with Crippen LogP contribution in [0.15, 0.2) is 60.8 Å². The van der Waals surface area contributed by atoms with Crippen LogP contribution in [-0.2, 0) is 16.1 Å². The summed E-state index contributed by atoms with van der Waals surface area (Å²) in [7, 11) is 3.00. The first-order valence-corrected chi connectivity index (χ1v) is 9.33. The van der Waals surface area contributed by atoms with E-state index in [0.29, 0.717) is 5.75 Å². The number of methoxy groups -OCH3 is 2. The van der Waals surface area contributed by atoms with E-state index in [0.717, 1.165) is 11.3 Å². The molecule has 156 valence electrons. The second-order valence-electron chi connectivity index (χ2n) is 6.40. The molecule has 8 nitrogen and oxygen atoms in total. The van der Waals surface area contributed by atoms with E-state index in [1.54, 1.807) is 19.4 Å². The summed E-state index contributed by atoms with van der Waals surface area (Å²) in [5.41, 5.74) is 1.57. The molecule has 0 aliphatic heterocycles. The van der Waals surface area contributed by atoms with Gasteiger partial charge in [-0.3, -0.25) is 4.79 Å². The van der Waals surface area contributed by atoms with Gasteiger partial charge in [0.15, 0.2) is 11.9 Å². The smallest absolute Gasteiger partial charge is 0.363 e. The maximum Gasteiger partial charge on any atom is 0.363 e. The fourth-order valence-corrected chi connectivity index (χ4v) is 2.81. The largest absolute Gasteiger partial charge is 0.496 e. The zero-order valence-corrected chi connectivity index (χ0v) is 17.0. The molecule has 1 heterocycles. The van der Waals surface area contributed by atoms with Crippen LogP contribution >= 0.6 is 0 Å². The quantitative estimate of drug-likeness (QED) is 0.575. The first kappa shape index (κ1) is 20.9. The summed E-state index contributed by atoms with van der Waals surface area (Å²) >= 11 is 0. The van der Waals surface area contributed by atoms with Crippen LogP contribution in [0.2, 0.25) is 0 Å². The van der Waals surface area contributed by atoms with Gasteiger partial charge in [0.1, 0.15) is 5.75 Å². The molecule has 3 rings (SSSR count). The summed E-state index contributed by atoms with van der Waals surface area (Å²) in [5.74, 6) is -0.263. The molecule has 0 radical (unpaired) electrons. The highest BCUT2D eigenvalue weighted by Gasteiger charge is 2.24. The molecule has 1 aromatic heterocycles. The number of amides is 1. The summed E-state index contributed by atoms with van der Waals surface area (Å²) in [6, 6.07) is 16.6. The molecule has 0 fully saturated rings. The summed E-state index contributed by atoms with van der Waals surface area (Å²) in [6.45, 7) is 1.74. The number of hydrogen-bond donors (Lipinski definition) is 1. The minimum atomic E-state index is -1.02. The van der Waals surface area contributed by atoms with Crippen LogP contribution < -0.4 is 14.8 Å². The predicted octanol–water partition coefficient (Wildman–Crippen LogP) is 2.75. The van der Waals surface area contributed by atoms with E-state index in [9.17, 15) is 9.59 Å². The molecule has 0 spiro atoms. The number of nitrogens with one attached hydrogen (secondary N) is 1. The SMILES string of the molecule is COc1ccccc1CNC(=O)[C@@H](C)OC(=O)c1nn(-c2ccccc2)cc1OC. The van der Waals surface area contributed by atoms with Crippen molar-refractivity contribution in [2.24, 2.45) is 0 Å². The molecule has 1 atom stereocenters. The summed E-state index contributed by atoms with van der Waals surface area (Å²) in [6.07, 6.45) is 0.567. The lowest BCUT2D eigenvalue weighted by molar-refractivity contribution is -0.129. The molecule has 1 amide bonds. The first-order valence-electron chi connectivity index (χ1n) is 9.33. The van der Waals surface area contributed by atoms with Crippen LogP contribution in [0.5, 0.6) is 11.5 Å². The van der Waals surface area contributed by atoms with Crippen LogP contribution in [0.1, 0.15) is 23.0 Å². The number of benzene rings is 2. The third-order valence-electron chi connectivity index (χ3n) is 4.41. The van der Waals surface area contributed by atoms with Gasteiger partial charge in [-0.15, -0.1) is 0 Å². The van der Waals surface area contributed by atoms with Crippen LogP contribution in [0, 0.1) is 0 Å². The third kappa shape index (κ3) is 4.78. The van der Waals surface area contributed by atoms with Gasteiger partial charge in [-0.1, -0.05) is 36.4 Å². The maximum atomic E-state index is 12.6. The highest BCUT2D eigenvalue weighted by molar-refractivity contribution is 5.92. The van der Waals surface area contributed by atoms with Crippen molar-refractivity contribution < 1.29 is 23.8 Å².